The predicted octanol–water partition coefficient (Wildman–Crippen LogP) is 6.45. The number of rotatable bonds is 4. The molecule has 10 unspecified atom stereocenters. The lowest BCUT2D eigenvalue weighted by atomic mass is 9.47. The lowest BCUT2D eigenvalue weighted by Crippen LogP contribution is -2.54. The number of carbonyl (C=O) groups excluding carboxylic acids is 3. The summed E-state index contributed by atoms with van der Waals surface area (Å²) in [7, 11) is 0. The molecular formula is C33H49NO5. The Morgan fingerprint density at radius 1 is 1.03 bits per heavy atom. The maximum absolute atomic E-state index is 12.7. The van der Waals surface area contributed by atoms with Crippen LogP contribution in [0.1, 0.15) is 99.8 Å². The van der Waals surface area contributed by atoms with E-state index < -0.39 is 0 Å². The Kier molecular flexibility index (Phi) is 7.56. The highest BCUT2D eigenvalue weighted by molar-refractivity contribution is 5.73. The van der Waals surface area contributed by atoms with Gasteiger partial charge in [-0.25, -0.2) is 0 Å². The van der Waals surface area contributed by atoms with E-state index in [9.17, 15) is 14.4 Å². The summed E-state index contributed by atoms with van der Waals surface area (Å²) in [4.78, 5) is 38.8. The fourth-order valence-corrected chi connectivity index (χ4v) is 10.2. The lowest BCUT2D eigenvalue weighted by molar-refractivity contribution is -0.153. The number of likely N-dealkylation sites (tertiary alicyclic amines) is 1. The number of hydrogen-bond donors (Lipinski definition) is 0. The van der Waals surface area contributed by atoms with Crippen molar-refractivity contribution in [2.75, 3.05) is 6.54 Å². The smallest absolute Gasteiger partial charge is 0.307 e. The maximum Gasteiger partial charge on any atom is 0.307 e. The number of ether oxygens (including phenoxy) is 2. The van der Waals surface area contributed by atoms with Crippen LogP contribution in [0.25, 0.3) is 0 Å². The summed E-state index contributed by atoms with van der Waals surface area (Å²) in [6.45, 7) is 15.0. The summed E-state index contributed by atoms with van der Waals surface area (Å²) in [5.74, 6) is 3.17. The van der Waals surface area contributed by atoms with Crippen molar-refractivity contribution in [3.63, 3.8) is 0 Å². The van der Waals surface area contributed by atoms with Gasteiger partial charge in [-0.15, -0.1) is 0 Å². The van der Waals surface area contributed by atoms with E-state index in [2.05, 4.69) is 44.7 Å². The molecule has 0 aromatic carbocycles. The largest absolute Gasteiger partial charge is 0.462 e. The molecule has 39 heavy (non-hydrogen) atoms. The Bertz CT molecular complexity index is 1080. The molecule has 0 aromatic heterocycles. The second-order valence-corrected chi connectivity index (χ2v) is 14.1. The van der Waals surface area contributed by atoms with Crippen molar-refractivity contribution in [2.45, 2.75) is 112 Å². The highest BCUT2D eigenvalue weighted by Gasteiger charge is 2.63. The van der Waals surface area contributed by atoms with Gasteiger partial charge in [-0.2, -0.15) is 0 Å². The van der Waals surface area contributed by atoms with Gasteiger partial charge in [-0.1, -0.05) is 33.8 Å². The van der Waals surface area contributed by atoms with E-state index in [1.165, 1.54) is 12.5 Å². The molecule has 10 atom stereocenters. The molecule has 0 spiro atoms. The first-order valence-corrected chi connectivity index (χ1v) is 15.4. The van der Waals surface area contributed by atoms with Crippen molar-refractivity contribution >= 4 is 17.8 Å². The number of allylic oxidation sites excluding steroid dienone is 4. The summed E-state index contributed by atoms with van der Waals surface area (Å²) in [5.41, 5.74) is 1.49. The maximum atomic E-state index is 12.7. The minimum atomic E-state index is -0.244. The van der Waals surface area contributed by atoms with Crippen LogP contribution in [0, 0.1) is 46.3 Å². The predicted molar refractivity (Wildman–Crippen MR) is 150 cm³/mol. The molecule has 0 N–H and O–H groups in total. The summed E-state index contributed by atoms with van der Waals surface area (Å²) in [5, 5.41) is 0. The van der Waals surface area contributed by atoms with E-state index in [0.717, 1.165) is 63.7 Å². The molecule has 3 fully saturated rings. The van der Waals surface area contributed by atoms with Crippen molar-refractivity contribution in [1.29, 1.82) is 0 Å². The van der Waals surface area contributed by atoms with E-state index in [1.54, 1.807) is 13.8 Å². The molecule has 0 bridgehead atoms. The first-order valence-electron chi connectivity index (χ1n) is 15.4. The third kappa shape index (κ3) is 4.88. The summed E-state index contributed by atoms with van der Waals surface area (Å²) < 4.78 is 11.6. The molecule has 2 saturated carbocycles. The quantitative estimate of drug-likeness (QED) is 0.384. The summed E-state index contributed by atoms with van der Waals surface area (Å²) in [6, 6.07) is 0.202. The van der Waals surface area contributed by atoms with Gasteiger partial charge in [0, 0.05) is 45.7 Å². The average molecular weight is 540 g/mol. The van der Waals surface area contributed by atoms with E-state index >= 15 is 0 Å². The van der Waals surface area contributed by atoms with E-state index in [1.807, 2.05) is 0 Å². The Labute approximate surface area is 234 Å². The normalized spacial score (nSPS) is 42.2. The van der Waals surface area contributed by atoms with Gasteiger partial charge in [-0.05, 0) is 97.0 Å². The van der Waals surface area contributed by atoms with Gasteiger partial charge in [0.15, 0.2) is 0 Å². The van der Waals surface area contributed by atoms with Gasteiger partial charge >= 0.3 is 11.9 Å². The zero-order valence-corrected chi connectivity index (χ0v) is 25.1. The lowest BCUT2D eigenvalue weighted by Gasteiger charge is -2.58. The van der Waals surface area contributed by atoms with E-state index in [0.29, 0.717) is 23.7 Å². The molecule has 5 rings (SSSR count). The second kappa shape index (κ2) is 10.4. The number of hydrogen-bond acceptors (Lipinski definition) is 5. The molecule has 0 aromatic rings. The number of amides is 1. The molecule has 5 aliphatic rings. The third-order valence-corrected chi connectivity index (χ3v) is 11.9. The van der Waals surface area contributed by atoms with Crippen LogP contribution in [0.3, 0.4) is 0 Å². The van der Waals surface area contributed by atoms with Gasteiger partial charge in [0.25, 0.3) is 0 Å². The Morgan fingerprint density at radius 2 is 1.77 bits per heavy atom. The van der Waals surface area contributed by atoms with Crippen molar-refractivity contribution < 1.29 is 23.9 Å². The number of esters is 2. The highest BCUT2D eigenvalue weighted by atomic mass is 16.5. The minimum absolute atomic E-state index is 0.0708. The molecule has 4 aliphatic carbocycles. The zero-order valence-electron chi connectivity index (χ0n) is 25.1. The minimum Gasteiger partial charge on any atom is -0.462 e. The molecule has 1 aliphatic heterocycles. The average Bonchev–Trinajstić information content (AvgIpc) is 3.14. The van der Waals surface area contributed by atoms with Crippen molar-refractivity contribution in [2.24, 2.45) is 46.3 Å². The van der Waals surface area contributed by atoms with Crippen LogP contribution in [0.15, 0.2) is 23.5 Å². The number of nitrogens with zero attached hydrogens (tertiary/aromatic N) is 1. The van der Waals surface area contributed by atoms with Crippen molar-refractivity contribution in [1.82, 2.24) is 4.90 Å². The van der Waals surface area contributed by atoms with Crippen molar-refractivity contribution in [3.8, 4) is 0 Å². The van der Waals surface area contributed by atoms with Gasteiger partial charge < -0.3 is 14.4 Å². The molecule has 6 heteroatoms. The van der Waals surface area contributed by atoms with Gasteiger partial charge in [0.2, 0.25) is 5.91 Å². The number of piperidine rings is 1. The fourth-order valence-electron chi connectivity index (χ4n) is 10.2. The zero-order chi connectivity index (χ0) is 28.3. The summed E-state index contributed by atoms with van der Waals surface area (Å²) >= 11 is 0. The molecular weight excluding hydrogens is 490 g/mol. The van der Waals surface area contributed by atoms with Crippen LogP contribution in [0.4, 0.5) is 0 Å². The monoisotopic (exact) mass is 539 g/mol. The molecule has 1 heterocycles. The highest BCUT2D eigenvalue weighted by Crippen LogP contribution is 2.67. The van der Waals surface area contributed by atoms with Gasteiger partial charge in [-0.3, -0.25) is 14.4 Å². The van der Waals surface area contributed by atoms with Gasteiger partial charge in [0.05, 0.1) is 0 Å². The van der Waals surface area contributed by atoms with Crippen LogP contribution in [0.2, 0.25) is 0 Å². The first-order chi connectivity index (χ1) is 18.3. The van der Waals surface area contributed by atoms with Gasteiger partial charge in [0.1, 0.15) is 11.9 Å². The van der Waals surface area contributed by atoms with E-state index in [4.69, 9.17) is 9.47 Å². The summed E-state index contributed by atoms with van der Waals surface area (Å²) in [6.07, 6.45) is 12.6. The third-order valence-electron chi connectivity index (χ3n) is 11.9. The number of carbonyl (C=O) groups is 3. The van der Waals surface area contributed by atoms with Crippen LogP contribution < -0.4 is 0 Å². The van der Waals surface area contributed by atoms with Crippen LogP contribution >= 0.6 is 0 Å². The Balaban J connectivity index is 1.46. The second-order valence-electron chi connectivity index (χ2n) is 14.1. The molecule has 0 radical (unpaired) electrons. The van der Waals surface area contributed by atoms with E-state index in [-0.39, 0.29) is 52.7 Å². The molecule has 216 valence electrons. The number of fused-ring (bicyclic) bond motifs is 5. The molecule has 1 saturated heterocycles. The molecule has 1 amide bonds. The van der Waals surface area contributed by atoms with Crippen LogP contribution in [-0.2, 0) is 23.9 Å². The SMILES string of the molecule is CC(=O)OC1=CC2=CCC3C(CCC4(C)C3CC(OC(C)=O)C4C(C)C3CCC(C)CN3C(C)=O)C2(C)CC1. The topological polar surface area (TPSA) is 72.9 Å². The Morgan fingerprint density at radius 3 is 2.44 bits per heavy atom. The Hall–Kier alpha value is -2.11. The first kappa shape index (κ1) is 28.4. The fraction of sp³-hybridized carbons (Fsp3) is 0.788. The van der Waals surface area contributed by atoms with Crippen LogP contribution in [-0.4, -0.2) is 41.4 Å². The van der Waals surface area contributed by atoms with Crippen molar-refractivity contribution in [3.05, 3.63) is 23.5 Å². The molecule has 6 nitrogen and oxygen atoms in total. The van der Waals surface area contributed by atoms with Crippen LogP contribution in [0.5, 0.6) is 0 Å². The standard InChI is InChI=1S/C33H49NO5/c1-19-8-11-29(34(18-19)21(3)35)20(2)31-30(39-23(5)37)17-28-26-10-9-24-16-25(38-22(4)36)12-14-32(24,6)27(26)13-15-33(28,31)7/h9,16,19-20,26-31H,8,10-15,17-18H2,1-7H3.